The fraction of sp³-hybridized carbons (Fsp3) is 0.846. The van der Waals surface area contributed by atoms with Crippen molar-refractivity contribution in [2.75, 3.05) is 19.6 Å². The van der Waals surface area contributed by atoms with E-state index in [4.69, 9.17) is 18.0 Å². The summed E-state index contributed by atoms with van der Waals surface area (Å²) in [6, 6.07) is 0.0587. The second-order valence-corrected chi connectivity index (χ2v) is 6.20. The molecule has 1 unspecified atom stereocenters. The highest BCUT2D eigenvalue weighted by Gasteiger charge is 2.36. The number of piperidine rings is 1. The van der Waals surface area contributed by atoms with E-state index in [9.17, 15) is 4.79 Å². The smallest absolute Gasteiger partial charge is 0.237 e. The zero-order valence-corrected chi connectivity index (χ0v) is 11.9. The zero-order chi connectivity index (χ0) is 13.2. The molecule has 1 atom stereocenters. The van der Waals surface area contributed by atoms with Gasteiger partial charge >= 0.3 is 0 Å². The van der Waals surface area contributed by atoms with Gasteiger partial charge in [0.15, 0.2) is 0 Å². The third-order valence-electron chi connectivity index (χ3n) is 4.44. The number of amides is 1. The molecule has 102 valence electrons. The van der Waals surface area contributed by atoms with Crippen LogP contribution in [0.2, 0.25) is 0 Å². The number of carbonyl (C=O) groups excluding carboxylic acids is 1. The van der Waals surface area contributed by atoms with Crippen molar-refractivity contribution in [1.82, 2.24) is 10.2 Å². The summed E-state index contributed by atoms with van der Waals surface area (Å²) in [5.74, 6) is 0.200. The van der Waals surface area contributed by atoms with E-state index in [-0.39, 0.29) is 17.4 Å². The summed E-state index contributed by atoms with van der Waals surface area (Å²) < 4.78 is 0. The molecule has 0 radical (unpaired) electrons. The van der Waals surface area contributed by atoms with Crippen molar-refractivity contribution in [3.05, 3.63) is 0 Å². The molecular formula is C13H23N3OS. The second-order valence-electron chi connectivity index (χ2n) is 5.76. The fourth-order valence-electron chi connectivity index (χ4n) is 2.85. The van der Waals surface area contributed by atoms with Crippen LogP contribution in [0, 0.1) is 5.41 Å². The first-order valence-electron chi connectivity index (χ1n) is 6.85. The van der Waals surface area contributed by atoms with E-state index in [2.05, 4.69) is 17.1 Å². The highest BCUT2D eigenvalue weighted by atomic mass is 32.1. The van der Waals surface area contributed by atoms with Gasteiger partial charge in [-0.15, -0.1) is 0 Å². The number of likely N-dealkylation sites (tertiary alicyclic amines) is 1. The third kappa shape index (κ3) is 2.83. The number of hydrogen-bond donors (Lipinski definition) is 2. The molecule has 2 fully saturated rings. The van der Waals surface area contributed by atoms with Gasteiger partial charge in [0.25, 0.3) is 0 Å². The number of nitrogens with one attached hydrogen (secondary N) is 1. The molecule has 2 rings (SSSR count). The van der Waals surface area contributed by atoms with E-state index in [0.717, 1.165) is 51.7 Å². The Morgan fingerprint density at radius 2 is 2.11 bits per heavy atom. The molecule has 0 aliphatic carbocycles. The molecule has 1 amide bonds. The minimum Gasteiger partial charge on any atom is -0.393 e. The lowest BCUT2D eigenvalue weighted by Gasteiger charge is -2.41. The Balaban J connectivity index is 1.96. The Hall–Kier alpha value is -0.680. The molecule has 2 aliphatic heterocycles. The standard InChI is InChI=1S/C13H23N3OS/c1-13(12(14)18)5-8-16(9-6-13)10-4-2-3-7-15-11(10)17/h10H,2-9H2,1H3,(H2,14,18)(H,15,17). The van der Waals surface area contributed by atoms with Gasteiger partial charge in [-0.25, -0.2) is 0 Å². The van der Waals surface area contributed by atoms with E-state index in [1.165, 1.54) is 0 Å². The molecule has 2 heterocycles. The highest BCUT2D eigenvalue weighted by molar-refractivity contribution is 7.80. The number of nitrogens with zero attached hydrogens (tertiary/aromatic N) is 1. The van der Waals surface area contributed by atoms with E-state index in [1.54, 1.807) is 0 Å². The topological polar surface area (TPSA) is 58.4 Å². The lowest BCUT2D eigenvalue weighted by Crippen LogP contribution is -2.52. The van der Waals surface area contributed by atoms with Gasteiger partial charge in [-0.3, -0.25) is 9.69 Å². The molecule has 0 aromatic heterocycles. The van der Waals surface area contributed by atoms with Gasteiger partial charge in [0.05, 0.1) is 11.0 Å². The van der Waals surface area contributed by atoms with E-state index >= 15 is 0 Å². The van der Waals surface area contributed by atoms with Crippen LogP contribution in [0.4, 0.5) is 0 Å². The summed E-state index contributed by atoms with van der Waals surface area (Å²) in [6.07, 6.45) is 5.14. The second kappa shape index (κ2) is 5.53. The SMILES string of the molecule is CC1(C(N)=S)CCN(C2CCCCNC2=O)CC1. The van der Waals surface area contributed by atoms with Crippen LogP contribution < -0.4 is 11.1 Å². The van der Waals surface area contributed by atoms with Gasteiger partial charge < -0.3 is 11.1 Å². The average molecular weight is 269 g/mol. The summed E-state index contributed by atoms with van der Waals surface area (Å²) in [7, 11) is 0. The molecule has 4 nitrogen and oxygen atoms in total. The van der Waals surface area contributed by atoms with E-state index in [0.29, 0.717) is 4.99 Å². The maximum absolute atomic E-state index is 12.0. The summed E-state index contributed by atoms with van der Waals surface area (Å²) in [6.45, 7) is 4.81. The van der Waals surface area contributed by atoms with Gasteiger partial charge in [-0.1, -0.05) is 19.1 Å². The molecule has 2 aliphatic rings. The lowest BCUT2D eigenvalue weighted by molar-refractivity contribution is -0.126. The van der Waals surface area contributed by atoms with Crippen LogP contribution in [0.1, 0.15) is 39.0 Å². The quantitative estimate of drug-likeness (QED) is 0.736. The number of carbonyl (C=O) groups is 1. The van der Waals surface area contributed by atoms with Crippen LogP contribution in [-0.4, -0.2) is 41.5 Å². The summed E-state index contributed by atoms with van der Waals surface area (Å²) >= 11 is 5.15. The Morgan fingerprint density at radius 3 is 2.72 bits per heavy atom. The summed E-state index contributed by atoms with van der Waals surface area (Å²) in [4.78, 5) is 14.9. The Labute approximate surface area is 114 Å². The van der Waals surface area contributed by atoms with Gasteiger partial charge in [-0.2, -0.15) is 0 Å². The monoisotopic (exact) mass is 269 g/mol. The molecule has 2 saturated heterocycles. The lowest BCUT2D eigenvalue weighted by atomic mass is 9.80. The number of hydrogen-bond acceptors (Lipinski definition) is 3. The van der Waals surface area contributed by atoms with Crippen LogP contribution in [0.15, 0.2) is 0 Å². The fourth-order valence-corrected chi connectivity index (χ4v) is 3.05. The normalized spacial score (nSPS) is 29.4. The molecule has 0 spiro atoms. The average Bonchev–Trinajstić information content (AvgIpc) is 2.55. The summed E-state index contributed by atoms with van der Waals surface area (Å²) in [5, 5.41) is 3.00. The molecule has 5 heteroatoms. The number of nitrogens with two attached hydrogens (primary N) is 1. The predicted molar refractivity (Wildman–Crippen MR) is 76.3 cm³/mol. The number of thiocarbonyl (C=S) groups is 1. The van der Waals surface area contributed by atoms with E-state index in [1.807, 2.05) is 0 Å². The molecule has 0 aromatic carbocycles. The van der Waals surface area contributed by atoms with Gasteiger partial charge in [-0.05, 0) is 45.2 Å². The van der Waals surface area contributed by atoms with Crippen LogP contribution in [0.25, 0.3) is 0 Å². The molecule has 0 saturated carbocycles. The van der Waals surface area contributed by atoms with Crippen LogP contribution in [0.5, 0.6) is 0 Å². The molecule has 18 heavy (non-hydrogen) atoms. The van der Waals surface area contributed by atoms with Gasteiger partial charge in [0.2, 0.25) is 5.91 Å². The van der Waals surface area contributed by atoms with Crippen molar-refractivity contribution in [2.45, 2.75) is 45.1 Å². The van der Waals surface area contributed by atoms with Crippen molar-refractivity contribution in [1.29, 1.82) is 0 Å². The van der Waals surface area contributed by atoms with Crippen molar-refractivity contribution in [3.8, 4) is 0 Å². The Kier molecular flexibility index (Phi) is 4.22. The highest BCUT2D eigenvalue weighted by Crippen LogP contribution is 2.32. The molecule has 0 bridgehead atoms. The maximum atomic E-state index is 12.0. The number of rotatable bonds is 2. The third-order valence-corrected chi connectivity index (χ3v) is 4.94. The van der Waals surface area contributed by atoms with Crippen molar-refractivity contribution < 1.29 is 4.79 Å². The molecule has 0 aromatic rings. The van der Waals surface area contributed by atoms with Crippen molar-refractivity contribution >= 4 is 23.1 Å². The largest absolute Gasteiger partial charge is 0.393 e. The first-order chi connectivity index (χ1) is 8.53. The Morgan fingerprint density at radius 1 is 1.44 bits per heavy atom. The first-order valence-corrected chi connectivity index (χ1v) is 7.25. The van der Waals surface area contributed by atoms with Gasteiger partial charge in [0, 0.05) is 12.0 Å². The minimum absolute atomic E-state index is 0.0208. The van der Waals surface area contributed by atoms with E-state index < -0.39 is 0 Å². The molecular weight excluding hydrogens is 246 g/mol. The van der Waals surface area contributed by atoms with Crippen LogP contribution in [-0.2, 0) is 4.79 Å². The zero-order valence-electron chi connectivity index (χ0n) is 11.1. The van der Waals surface area contributed by atoms with Crippen LogP contribution in [0.3, 0.4) is 0 Å². The maximum Gasteiger partial charge on any atom is 0.237 e. The predicted octanol–water partition coefficient (Wildman–Crippen LogP) is 1.04. The first kappa shape index (κ1) is 13.7. The van der Waals surface area contributed by atoms with Crippen LogP contribution >= 0.6 is 12.2 Å². The Bertz CT molecular complexity index is 337. The molecule has 3 N–H and O–H groups in total. The summed E-state index contributed by atoms with van der Waals surface area (Å²) in [5.41, 5.74) is 5.79. The minimum atomic E-state index is -0.0208. The van der Waals surface area contributed by atoms with Crippen molar-refractivity contribution in [3.63, 3.8) is 0 Å². The van der Waals surface area contributed by atoms with Gasteiger partial charge in [0.1, 0.15) is 0 Å². The van der Waals surface area contributed by atoms with Crippen molar-refractivity contribution in [2.24, 2.45) is 11.1 Å².